The molecule has 0 saturated carbocycles. The maximum atomic E-state index is 13.6. The summed E-state index contributed by atoms with van der Waals surface area (Å²) in [4.78, 5) is 28.5. The van der Waals surface area contributed by atoms with Crippen molar-refractivity contribution < 1.29 is 22.7 Å². The van der Waals surface area contributed by atoms with E-state index in [0.29, 0.717) is 24.5 Å². The zero-order valence-electron chi connectivity index (χ0n) is 21.4. The van der Waals surface area contributed by atoms with Crippen molar-refractivity contribution in [3.8, 4) is 5.75 Å². The number of methoxy groups -OCH3 is 1. The fourth-order valence-electron chi connectivity index (χ4n) is 4.19. The summed E-state index contributed by atoms with van der Waals surface area (Å²) in [6, 6.07) is 21.6. The van der Waals surface area contributed by atoms with Crippen molar-refractivity contribution in [2.45, 2.75) is 17.4 Å². The lowest BCUT2D eigenvalue weighted by Crippen LogP contribution is -2.48. The molecule has 1 saturated heterocycles. The van der Waals surface area contributed by atoms with Crippen LogP contribution in [-0.2, 0) is 21.2 Å². The van der Waals surface area contributed by atoms with Crippen LogP contribution in [0.3, 0.4) is 0 Å². The summed E-state index contributed by atoms with van der Waals surface area (Å²) in [5.41, 5.74) is 1.71. The second-order valence-electron chi connectivity index (χ2n) is 8.86. The molecule has 1 aliphatic heterocycles. The summed E-state index contributed by atoms with van der Waals surface area (Å²) in [6.07, 6.45) is 0.273. The Bertz CT molecular complexity index is 1360. The molecular weight excluding hydrogens is 522 g/mol. The van der Waals surface area contributed by atoms with Gasteiger partial charge in [0.15, 0.2) is 0 Å². The molecule has 0 aromatic heterocycles. The summed E-state index contributed by atoms with van der Waals surface area (Å²) in [7, 11) is -0.490. The first-order chi connectivity index (χ1) is 18.3. The zero-order chi connectivity index (χ0) is 27.1. The van der Waals surface area contributed by atoms with Crippen LogP contribution in [0.4, 0.5) is 5.69 Å². The number of hydrogen-bond donors (Lipinski definition) is 1. The quantitative estimate of drug-likeness (QED) is 0.436. The first kappa shape index (κ1) is 27.7. The number of carbonyl (C=O) groups is 2. The minimum Gasteiger partial charge on any atom is -0.497 e. The number of nitrogens with one attached hydrogen (secondary N) is 1. The first-order valence-electron chi connectivity index (χ1n) is 12.2. The predicted octanol–water partition coefficient (Wildman–Crippen LogP) is 3.44. The molecule has 1 heterocycles. The van der Waals surface area contributed by atoms with Gasteiger partial charge in [-0.2, -0.15) is 16.1 Å². The fourth-order valence-corrected chi connectivity index (χ4v) is 6.81. The van der Waals surface area contributed by atoms with E-state index in [-0.39, 0.29) is 22.8 Å². The third kappa shape index (κ3) is 6.56. The van der Waals surface area contributed by atoms with E-state index in [1.165, 1.54) is 21.3 Å². The van der Waals surface area contributed by atoms with Crippen LogP contribution in [0.5, 0.6) is 5.75 Å². The molecule has 3 aromatic carbocycles. The molecule has 10 heteroatoms. The number of nitrogens with zero attached hydrogens (tertiary/aromatic N) is 2. The van der Waals surface area contributed by atoms with Gasteiger partial charge < -0.3 is 15.0 Å². The van der Waals surface area contributed by atoms with Crippen molar-refractivity contribution >= 4 is 39.3 Å². The molecule has 0 bridgehead atoms. The van der Waals surface area contributed by atoms with Crippen LogP contribution in [-0.4, -0.2) is 69.3 Å². The highest BCUT2D eigenvalue weighted by Crippen LogP contribution is 2.22. The highest BCUT2D eigenvalue weighted by Gasteiger charge is 2.29. The molecule has 1 fully saturated rings. The molecule has 0 spiro atoms. The molecule has 200 valence electrons. The Morgan fingerprint density at radius 3 is 2.34 bits per heavy atom. The number of rotatable bonds is 9. The lowest BCUT2D eigenvalue weighted by atomic mass is 10.0. The maximum Gasteiger partial charge on any atom is 0.251 e. The normalized spacial score (nSPS) is 14.9. The number of benzene rings is 3. The van der Waals surface area contributed by atoms with E-state index >= 15 is 0 Å². The highest BCUT2D eigenvalue weighted by molar-refractivity contribution is 7.99. The molecule has 38 heavy (non-hydrogen) atoms. The first-order valence-corrected chi connectivity index (χ1v) is 14.8. The van der Waals surface area contributed by atoms with Gasteiger partial charge in [-0.15, -0.1) is 0 Å². The lowest BCUT2D eigenvalue weighted by Gasteiger charge is -2.26. The van der Waals surface area contributed by atoms with E-state index in [1.54, 1.807) is 62.3 Å². The van der Waals surface area contributed by atoms with Crippen molar-refractivity contribution in [1.82, 2.24) is 9.62 Å². The van der Waals surface area contributed by atoms with E-state index in [9.17, 15) is 18.0 Å². The molecule has 1 N–H and O–H groups in total. The number of sulfonamides is 1. The Morgan fingerprint density at radius 2 is 1.68 bits per heavy atom. The number of hydrogen-bond acceptors (Lipinski definition) is 6. The number of carbonyl (C=O) groups excluding carboxylic acids is 2. The molecule has 1 aliphatic rings. The number of anilines is 1. The molecule has 0 radical (unpaired) electrons. The average molecular weight is 554 g/mol. The molecule has 8 nitrogen and oxygen atoms in total. The largest absolute Gasteiger partial charge is 0.497 e. The molecule has 4 rings (SSSR count). The van der Waals surface area contributed by atoms with E-state index < -0.39 is 22.0 Å². The van der Waals surface area contributed by atoms with Gasteiger partial charge in [0.2, 0.25) is 15.9 Å². The van der Waals surface area contributed by atoms with Crippen LogP contribution in [0.15, 0.2) is 83.8 Å². The monoisotopic (exact) mass is 553 g/mol. The van der Waals surface area contributed by atoms with Crippen molar-refractivity contribution in [1.29, 1.82) is 0 Å². The number of ether oxygens (including phenoxy) is 1. The summed E-state index contributed by atoms with van der Waals surface area (Å²) in [5, 5.41) is 2.85. The zero-order valence-corrected chi connectivity index (χ0v) is 23.0. The Hall–Kier alpha value is -3.34. The Kier molecular flexibility index (Phi) is 9.09. The Labute approximate surface area is 228 Å². The highest BCUT2D eigenvalue weighted by atomic mass is 32.2. The van der Waals surface area contributed by atoms with Gasteiger partial charge >= 0.3 is 0 Å². The van der Waals surface area contributed by atoms with Crippen molar-refractivity contribution in [2.24, 2.45) is 0 Å². The van der Waals surface area contributed by atoms with Gasteiger partial charge in [0.25, 0.3) is 5.91 Å². The van der Waals surface area contributed by atoms with Gasteiger partial charge in [-0.1, -0.05) is 36.4 Å². The minimum atomic E-state index is -3.71. The van der Waals surface area contributed by atoms with Gasteiger partial charge in [0.05, 0.1) is 12.0 Å². The van der Waals surface area contributed by atoms with E-state index in [0.717, 1.165) is 17.1 Å². The van der Waals surface area contributed by atoms with Crippen LogP contribution < -0.4 is 15.0 Å². The van der Waals surface area contributed by atoms with Crippen molar-refractivity contribution in [3.05, 3.63) is 90.0 Å². The molecular formula is C28H31N3O5S2. The van der Waals surface area contributed by atoms with Gasteiger partial charge in [-0.05, 0) is 48.0 Å². The Balaban J connectivity index is 1.57. The smallest absolute Gasteiger partial charge is 0.251 e. The molecule has 2 amide bonds. The number of likely N-dealkylation sites (N-methyl/N-ethyl adjacent to an activating group) is 1. The lowest BCUT2D eigenvalue weighted by molar-refractivity contribution is -0.120. The summed E-state index contributed by atoms with van der Waals surface area (Å²) >= 11 is 1.72. The molecule has 0 unspecified atom stereocenters. The summed E-state index contributed by atoms with van der Waals surface area (Å²) in [5.74, 6) is 1.33. The van der Waals surface area contributed by atoms with Gasteiger partial charge in [0, 0.05) is 49.3 Å². The van der Waals surface area contributed by atoms with Crippen LogP contribution >= 0.6 is 11.8 Å². The third-order valence-corrected chi connectivity index (χ3v) is 9.22. The van der Waals surface area contributed by atoms with Crippen LogP contribution in [0.2, 0.25) is 0 Å². The van der Waals surface area contributed by atoms with Gasteiger partial charge in [-0.3, -0.25) is 9.59 Å². The summed E-state index contributed by atoms with van der Waals surface area (Å²) < 4.78 is 32.9. The number of thioether (sulfide) groups is 1. The van der Waals surface area contributed by atoms with Crippen LogP contribution in [0, 0.1) is 0 Å². The summed E-state index contributed by atoms with van der Waals surface area (Å²) in [6.45, 7) is 0.879. The SMILES string of the molecule is COc1ccc(N(C)C(=O)[C@H](Cc2ccccc2)NC(=O)c2cccc(S(=O)(=O)N3CCSCC3)c2)cc1. The van der Waals surface area contributed by atoms with Gasteiger partial charge in [-0.25, -0.2) is 8.42 Å². The fraction of sp³-hybridized carbons (Fsp3) is 0.286. The second kappa shape index (κ2) is 12.5. The third-order valence-electron chi connectivity index (χ3n) is 6.38. The molecule has 1 atom stereocenters. The van der Waals surface area contributed by atoms with Crippen molar-refractivity contribution in [3.63, 3.8) is 0 Å². The maximum absolute atomic E-state index is 13.6. The molecule has 3 aromatic rings. The van der Waals surface area contributed by atoms with E-state index in [4.69, 9.17) is 4.74 Å². The standard InChI is InChI=1S/C28H31N3O5S2/c1-30(23-11-13-24(36-2)14-12-23)28(33)26(19-21-7-4-3-5-8-21)29-27(32)22-9-6-10-25(20-22)38(34,35)31-15-17-37-18-16-31/h3-14,20,26H,15-19H2,1-2H3,(H,29,32)/t26-/m0/s1. The predicted molar refractivity (Wildman–Crippen MR) is 150 cm³/mol. The number of amides is 2. The Morgan fingerprint density at radius 1 is 1.00 bits per heavy atom. The van der Waals surface area contributed by atoms with E-state index in [1.807, 2.05) is 30.3 Å². The molecule has 0 aliphatic carbocycles. The van der Waals surface area contributed by atoms with Crippen molar-refractivity contribution in [2.75, 3.05) is 43.7 Å². The van der Waals surface area contributed by atoms with Crippen LogP contribution in [0.1, 0.15) is 15.9 Å². The van der Waals surface area contributed by atoms with Gasteiger partial charge in [0.1, 0.15) is 11.8 Å². The second-order valence-corrected chi connectivity index (χ2v) is 12.0. The average Bonchev–Trinajstić information content (AvgIpc) is 2.97. The van der Waals surface area contributed by atoms with E-state index in [2.05, 4.69) is 5.32 Å². The van der Waals surface area contributed by atoms with Crippen LogP contribution in [0.25, 0.3) is 0 Å². The topological polar surface area (TPSA) is 96.0 Å². The minimum absolute atomic E-state index is 0.0679.